The molecule has 1 aromatic heterocycles. The summed E-state index contributed by atoms with van der Waals surface area (Å²) >= 11 is 7.23. The number of anilines is 1. The summed E-state index contributed by atoms with van der Waals surface area (Å²) in [6.07, 6.45) is 0.274. The Morgan fingerprint density at radius 2 is 1.96 bits per heavy atom. The van der Waals surface area contributed by atoms with Gasteiger partial charge in [0.25, 0.3) is 0 Å². The molecule has 0 saturated heterocycles. The molecule has 1 aliphatic rings. The highest BCUT2D eigenvalue weighted by Gasteiger charge is 2.15. The van der Waals surface area contributed by atoms with Crippen LogP contribution in [0.2, 0.25) is 5.02 Å². The average molecular weight is 373 g/mol. The second-order valence-corrected chi connectivity index (χ2v) is 6.75. The topological polar surface area (TPSA) is 60.5 Å². The van der Waals surface area contributed by atoms with Crippen LogP contribution in [0.15, 0.2) is 47.8 Å². The summed E-state index contributed by atoms with van der Waals surface area (Å²) in [7, 11) is 0. The van der Waals surface area contributed by atoms with Gasteiger partial charge in [-0.1, -0.05) is 23.7 Å². The van der Waals surface area contributed by atoms with E-state index >= 15 is 0 Å². The van der Waals surface area contributed by atoms with Crippen molar-refractivity contribution in [3.8, 4) is 22.8 Å². The number of rotatable bonds is 4. The smallest absolute Gasteiger partial charge is 0.231 e. The number of carbonyl (C=O) groups is 1. The van der Waals surface area contributed by atoms with Crippen molar-refractivity contribution in [2.45, 2.75) is 6.42 Å². The lowest BCUT2D eigenvalue weighted by Crippen LogP contribution is -2.14. The van der Waals surface area contributed by atoms with Crippen molar-refractivity contribution in [2.75, 3.05) is 12.1 Å². The maximum atomic E-state index is 12.2. The zero-order valence-corrected chi connectivity index (χ0v) is 14.6. The van der Waals surface area contributed by atoms with Crippen molar-refractivity contribution in [2.24, 2.45) is 0 Å². The fourth-order valence-electron chi connectivity index (χ4n) is 2.47. The number of nitrogens with zero attached hydrogens (tertiary/aromatic N) is 1. The van der Waals surface area contributed by atoms with Crippen LogP contribution in [0, 0.1) is 0 Å². The van der Waals surface area contributed by atoms with Crippen molar-refractivity contribution >= 4 is 34.0 Å². The van der Waals surface area contributed by atoms with Crippen molar-refractivity contribution in [3.05, 3.63) is 58.4 Å². The molecule has 2 heterocycles. The Labute approximate surface area is 153 Å². The molecule has 0 atom stereocenters. The Morgan fingerprint density at radius 1 is 1.16 bits per heavy atom. The highest BCUT2D eigenvalue weighted by atomic mass is 35.5. The first-order valence-electron chi connectivity index (χ1n) is 7.57. The van der Waals surface area contributed by atoms with Crippen LogP contribution < -0.4 is 14.8 Å². The quantitative estimate of drug-likeness (QED) is 0.738. The van der Waals surface area contributed by atoms with Crippen molar-refractivity contribution in [3.63, 3.8) is 0 Å². The van der Waals surface area contributed by atoms with Gasteiger partial charge in [0.05, 0.1) is 12.1 Å². The van der Waals surface area contributed by atoms with Gasteiger partial charge in [-0.2, -0.15) is 0 Å². The molecule has 0 fully saturated rings. The number of hydrogen-bond donors (Lipinski definition) is 1. The molecule has 1 amide bonds. The molecular weight excluding hydrogens is 360 g/mol. The van der Waals surface area contributed by atoms with E-state index in [1.54, 1.807) is 12.1 Å². The fourth-order valence-corrected chi connectivity index (χ4v) is 3.33. The van der Waals surface area contributed by atoms with Gasteiger partial charge in [-0.05, 0) is 35.9 Å². The zero-order chi connectivity index (χ0) is 17.2. The first kappa shape index (κ1) is 15.9. The molecule has 0 unspecified atom stereocenters. The second kappa shape index (κ2) is 6.74. The van der Waals surface area contributed by atoms with E-state index in [9.17, 15) is 4.79 Å². The largest absolute Gasteiger partial charge is 0.454 e. The summed E-state index contributed by atoms with van der Waals surface area (Å²) in [5, 5.41) is 5.94. The number of amides is 1. The van der Waals surface area contributed by atoms with E-state index in [0.29, 0.717) is 15.9 Å². The van der Waals surface area contributed by atoms with E-state index in [-0.39, 0.29) is 19.1 Å². The maximum Gasteiger partial charge on any atom is 0.231 e. The number of nitrogens with one attached hydrogen (secondary N) is 1. The molecule has 4 rings (SSSR count). The van der Waals surface area contributed by atoms with Crippen molar-refractivity contribution in [1.82, 2.24) is 4.98 Å². The first-order valence-corrected chi connectivity index (χ1v) is 8.83. The van der Waals surface area contributed by atoms with Gasteiger partial charge in [0.1, 0.15) is 0 Å². The second-order valence-electron chi connectivity index (χ2n) is 5.46. The van der Waals surface area contributed by atoms with Gasteiger partial charge >= 0.3 is 0 Å². The molecule has 0 aliphatic carbocycles. The van der Waals surface area contributed by atoms with Crippen LogP contribution in [0.5, 0.6) is 11.5 Å². The van der Waals surface area contributed by atoms with Gasteiger partial charge in [0.2, 0.25) is 12.7 Å². The molecule has 1 aliphatic heterocycles. The predicted molar refractivity (Wildman–Crippen MR) is 97.5 cm³/mol. The van der Waals surface area contributed by atoms with Gasteiger partial charge in [-0.3, -0.25) is 4.79 Å². The number of fused-ring (bicyclic) bond motifs is 1. The van der Waals surface area contributed by atoms with E-state index in [1.807, 2.05) is 35.7 Å². The summed E-state index contributed by atoms with van der Waals surface area (Å²) < 4.78 is 10.7. The number of aromatic nitrogens is 1. The Hall–Kier alpha value is -2.57. The van der Waals surface area contributed by atoms with Crippen LogP contribution in [0.4, 0.5) is 5.13 Å². The number of carbonyl (C=O) groups excluding carboxylic acids is 1. The minimum atomic E-state index is -0.117. The molecular formula is C18H13ClN2O3S. The average Bonchev–Trinajstić information content (AvgIpc) is 3.25. The van der Waals surface area contributed by atoms with Crippen LogP contribution in [-0.4, -0.2) is 17.7 Å². The zero-order valence-electron chi connectivity index (χ0n) is 13.0. The summed E-state index contributed by atoms with van der Waals surface area (Å²) in [5.41, 5.74) is 2.60. The van der Waals surface area contributed by atoms with Gasteiger partial charge in [-0.25, -0.2) is 4.98 Å². The number of hydrogen-bond acceptors (Lipinski definition) is 5. The van der Waals surface area contributed by atoms with Crippen LogP contribution in [-0.2, 0) is 11.2 Å². The van der Waals surface area contributed by atoms with Gasteiger partial charge in [0.15, 0.2) is 16.6 Å². The van der Waals surface area contributed by atoms with Gasteiger partial charge in [0, 0.05) is 16.0 Å². The van der Waals surface area contributed by atoms with Gasteiger partial charge < -0.3 is 14.8 Å². The monoisotopic (exact) mass is 372 g/mol. The molecule has 0 spiro atoms. The summed E-state index contributed by atoms with van der Waals surface area (Å²) in [6, 6.07) is 12.9. The Bertz CT molecular complexity index is 924. The minimum Gasteiger partial charge on any atom is -0.454 e. The Morgan fingerprint density at radius 3 is 2.80 bits per heavy atom. The Kier molecular flexibility index (Phi) is 4.29. The lowest BCUT2D eigenvalue weighted by molar-refractivity contribution is -0.115. The van der Waals surface area contributed by atoms with E-state index in [2.05, 4.69) is 10.3 Å². The molecule has 0 radical (unpaired) electrons. The third-order valence-corrected chi connectivity index (χ3v) is 4.71. The lowest BCUT2D eigenvalue weighted by Gasteiger charge is -2.02. The van der Waals surface area contributed by atoms with Crippen LogP contribution in [0.25, 0.3) is 11.3 Å². The molecule has 3 aromatic rings. The SMILES string of the molecule is O=C(Cc1ccc(Cl)cc1)Nc1nc(-c2ccc3c(c2)OCO3)cs1. The molecule has 0 bridgehead atoms. The van der Waals surface area contributed by atoms with E-state index in [0.717, 1.165) is 22.6 Å². The predicted octanol–water partition coefficient (Wildman–Crippen LogP) is 4.37. The molecule has 0 saturated carbocycles. The third kappa shape index (κ3) is 3.60. The highest BCUT2D eigenvalue weighted by molar-refractivity contribution is 7.14. The molecule has 25 heavy (non-hydrogen) atoms. The van der Waals surface area contributed by atoms with Crippen LogP contribution >= 0.6 is 22.9 Å². The fraction of sp³-hybridized carbons (Fsp3) is 0.111. The third-order valence-electron chi connectivity index (χ3n) is 3.70. The summed E-state index contributed by atoms with van der Waals surface area (Å²) in [5.74, 6) is 1.32. The maximum absolute atomic E-state index is 12.2. The van der Waals surface area contributed by atoms with E-state index in [4.69, 9.17) is 21.1 Å². The van der Waals surface area contributed by atoms with E-state index < -0.39 is 0 Å². The summed E-state index contributed by atoms with van der Waals surface area (Å²) in [4.78, 5) is 16.6. The summed E-state index contributed by atoms with van der Waals surface area (Å²) in [6.45, 7) is 0.238. The van der Waals surface area contributed by atoms with Crippen LogP contribution in [0.1, 0.15) is 5.56 Å². The number of benzene rings is 2. The first-order chi connectivity index (χ1) is 12.2. The molecule has 126 valence electrons. The van der Waals surface area contributed by atoms with Crippen molar-refractivity contribution < 1.29 is 14.3 Å². The molecule has 1 N–H and O–H groups in total. The van der Waals surface area contributed by atoms with Crippen LogP contribution in [0.3, 0.4) is 0 Å². The Balaban J connectivity index is 1.44. The highest BCUT2D eigenvalue weighted by Crippen LogP contribution is 2.36. The normalized spacial score (nSPS) is 12.2. The van der Waals surface area contributed by atoms with Crippen molar-refractivity contribution in [1.29, 1.82) is 0 Å². The lowest BCUT2D eigenvalue weighted by atomic mass is 10.1. The number of ether oxygens (including phenoxy) is 2. The molecule has 2 aromatic carbocycles. The standard InChI is InChI=1S/C18H13ClN2O3S/c19-13-4-1-11(2-5-13)7-17(22)21-18-20-14(9-25-18)12-3-6-15-16(8-12)24-10-23-15/h1-6,8-9H,7,10H2,(H,20,21,22). The number of thiazole rings is 1. The molecule has 7 heteroatoms. The molecule has 5 nitrogen and oxygen atoms in total. The minimum absolute atomic E-state index is 0.117. The van der Waals surface area contributed by atoms with Gasteiger partial charge in [-0.15, -0.1) is 11.3 Å². The van der Waals surface area contributed by atoms with E-state index in [1.165, 1.54) is 11.3 Å². The number of halogens is 1.